The molecule has 0 N–H and O–H groups in total. The van der Waals surface area contributed by atoms with Crippen LogP contribution < -0.4 is 4.74 Å². The maximum atomic E-state index is 13.4. The van der Waals surface area contributed by atoms with Crippen LogP contribution in [0.25, 0.3) is 10.4 Å². The number of hydrogen-bond acceptors (Lipinski definition) is 4. The van der Waals surface area contributed by atoms with Gasteiger partial charge in [0.25, 0.3) is 5.91 Å². The lowest BCUT2D eigenvalue weighted by Crippen LogP contribution is -2.37. The van der Waals surface area contributed by atoms with Gasteiger partial charge in [-0.05, 0) is 43.2 Å². The van der Waals surface area contributed by atoms with Crippen molar-refractivity contribution in [2.24, 2.45) is 0 Å². The van der Waals surface area contributed by atoms with Gasteiger partial charge in [-0.1, -0.05) is 25.0 Å². The predicted molar refractivity (Wildman–Crippen MR) is 105 cm³/mol. The number of ether oxygens (including phenoxy) is 1. The van der Waals surface area contributed by atoms with Crippen LogP contribution in [-0.4, -0.2) is 16.8 Å². The fourth-order valence-electron chi connectivity index (χ4n) is 4.10. The first-order valence-electron chi connectivity index (χ1n) is 9.48. The van der Waals surface area contributed by atoms with Gasteiger partial charge >= 0.3 is 0 Å². The fourth-order valence-corrected chi connectivity index (χ4v) is 5.25. The molecule has 1 aliphatic carbocycles. The molecule has 0 spiro atoms. The summed E-state index contributed by atoms with van der Waals surface area (Å²) in [5.41, 5.74) is 2.19. The number of thiophene rings is 1. The summed E-state index contributed by atoms with van der Waals surface area (Å²) < 4.78 is 11.4. The second-order valence-electron chi connectivity index (χ2n) is 7.20. The SMILES string of the molecule is O=C(c1cc2c(s1)-c1ccccc1OC2)N(Cc1ccco1)C1CCCC1. The normalized spacial score (nSPS) is 15.9. The van der Waals surface area contributed by atoms with E-state index in [-0.39, 0.29) is 5.91 Å². The molecule has 0 bridgehead atoms. The highest BCUT2D eigenvalue weighted by molar-refractivity contribution is 7.17. The maximum Gasteiger partial charge on any atom is 0.264 e. The van der Waals surface area contributed by atoms with Crippen molar-refractivity contribution in [3.63, 3.8) is 0 Å². The zero-order valence-electron chi connectivity index (χ0n) is 15.0. The van der Waals surface area contributed by atoms with E-state index in [9.17, 15) is 4.79 Å². The van der Waals surface area contributed by atoms with Crippen LogP contribution in [0.3, 0.4) is 0 Å². The highest BCUT2D eigenvalue weighted by atomic mass is 32.1. The lowest BCUT2D eigenvalue weighted by atomic mass is 10.1. The largest absolute Gasteiger partial charge is 0.488 e. The quantitative estimate of drug-likeness (QED) is 0.602. The number of rotatable bonds is 4. The van der Waals surface area contributed by atoms with E-state index >= 15 is 0 Å². The molecule has 3 aromatic rings. The molecule has 4 nitrogen and oxygen atoms in total. The Balaban J connectivity index is 1.48. The molecule has 1 aromatic carbocycles. The molecule has 3 heterocycles. The summed E-state index contributed by atoms with van der Waals surface area (Å²) in [5.74, 6) is 1.84. The number of benzene rings is 1. The molecule has 5 heteroatoms. The van der Waals surface area contributed by atoms with Crippen molar-refractivity contribution in [3.8, 4) is 16.2 Å². The summed E-state index contributed by atoms with van der Waals surface area (Å²) in [6, 6.07) is 14.2. The standard InChI is InChI=1S/C22H21NO3S/c24-22(23(16-6-1-2-7-16)13-17-8-5-11-25-17)20-12-15-14-26-19-10-4-3-9-18(19)21(15)27-20/h3-5,8-12,16H,1-2,6-7,13-14H2. The van der Waals surface area contributed by atoms with Gasteiger partial charge in [0.2, 0.25) is 0 Å². The van der Waals surface area contributed by atoms with E-state index in [4.69, 9.17) is 9.15 Å². The van der Waals surface area contributed by atoms with Gasteiger partial charge in [-0.15, -0.1) is 11.3 Å². The fraction of sp³-hybridized carbons (Fsp3) is 0.318. The first-order valence-corrected chi connectivity index (χ1v) is 10.3. The second-order valence-corrected chi connectivity index (χ2v) is 8.25. The van der Waals surface area contributed by atoms with E-state index in [1.54, 1.807) is 17.6 Å². The zero-order chi connectivity index (χ0) is 18.2. The summed E-state index contributed by atoms with van der Waals surface area (Å²) in [6.07, 6.45) is 6.20. The molecular weight excluding hydrogens is 358 g/mol. The van der Waals surface area contributed by atoms with Gasteiger partial charge in [-0.3, -0.25) is 4.79 Å². The Bertz CT molecular complexity index is 954. The molecule has 1 saturated carbocycles. The third kappa shape index (κ3) is 3.06. The Morgan fingerprint density at radius 3 is 2.81 bits per heavy atom. The zero-order valence-corrected chi connectivity index (χ0v) is 15.8. The number of fused-ring (bicyclic) bond motifs is 3. The molecule has 2 aromatic heterocycles. The third-order valence-electron chi connectivity index (χ3n) is 5.47. The van der Waals surface area contributed by atoms with Crippen LogP contribution in [0.4, 0.5) is 0 Å². The van der Waals surface area contributed by atoms with E-state index in [1.807, 2.05) is 41.3 Å². The second kappa shape index (κ2) is 6.89. The lowest BCUT2D eigenvalue weighted by Gasteiger charge is -2.27. The van der Waals surface area contributed by atoms with Crippen molar-refractivity contribution in [1.29, 1.82) is 0 Å². The number of amides is 1. The highest BCUT2D eigenvalue weighted by Gasteiger charge is 2.31. The molecule has 5 rings (SSSR count). The Hall–Kier alpha value is -2.53. The van der Waals surface area contributed by atoms with Crippen LogP contribution in [0.15, 0.2) is 53.1 Å². The van der Waals surface area contributed by atoms with E-state index in [2.05, 4.69) is 6.07 Å². The predicted octanol–water partition coefficient (Wildman–Crippen LogP) is 5.49. The van der Waals surface area contributed by atoms with Gasteiger partial charge in [0.1, 0.15) is 18.1 Å². The minimum absolute atomic E-state index is 0.107. The summed E-state index contributed by atoms with van der Waals surface area (Å²) in [4.78, 5) is 17.4. The minimum atomic E-state index is 0.107. The highest BCUT2D eigenvalue weighted by Crippen LogP contribution is 2.43. The maximum absolute atomic E-state index is 13.4. The average molecular weight is 379 g/mol. The van der Waals surface area contributed by atoms with Crippen molar-refractivity contribution < 1.29 is 13.9 Å². The molecule has 2 aliphatic rings. The Morgan fingerprint density at radius 1 is 1.15 bits per heavy atom. The minimum Gasteiger partial charge on any atom is -0.488 e. The van der Waals surface area contributed by atoms with Crippen molar-refractivity contribution in [2.75, 3.05) is 0 Å². The smallest absolute Gasteiger partial charge is 0.264 e. The van der Waals surface area contributed by atoms with Gasteiger partial charge in [0, 0.05) is 22.0 Å². The molecule has 1 amide bonds. The average Bonchev–Trinajstić information content (AvgIpc) is 3.47. The van der Waals surface area contributed by atoms with Crippen molar-refractivity contribution >= 4 is 17.2 Å². The number of hydrogen-bond donors (Lipinski definition) is 0. The van der Waals surface area contributed by atoms with Crippen molar-refractivity contribution in [3.05, 3.63) is 64.9 Å². The van der Waals surface area contributed by atoms with E-state index < -0.39 is 0 Å². The molecule has 27 heavy (non-hydrogen) atoms. The van der Waals surface area contributed by atoms with Crippen molar-refractivity contribution in [1.82, 2.24) is 4.90 Å². The number of para-hydroxylation sites is 1. The van der Waals surface area contributed by atoms with Gasteiger partial charge < -0.3 is 14.1 Å². The van der Waals surface area contributed by atoms with E-state index in [0.717, 1.165) is 45.2 Å². The Labute approximate surface area is 162 Å². The molecule has 0 radical (unpaired) electrons. The van der Waals surface area contributed by atoms with Crippen LogP contribution in [-0.2, 0) is 13.2 Å². The molecule has 0 atom stereocenters. The van der Waals surface area contributed by atoms with E-state index in [0.29, 0.717) is 19.2 Å². The Kier molecular flexibility index (Phi) is 4.24. The van der Waals surface area contributed by atoms with Gasteiger partial charge in [-0.2, -0.15) is 0 Å². The monoisotopic (exact) mass is 379 g/mol. The molecular formula is C22H21NO3S. The van der Waals surface area contributed by atoms with Crippen molar-refractivity contribution in [2.45, 2.75) is 44.9 Å². The number of nitrogens with zero attached hydrogens (tertiary/aromatic N) is 1. The van der Waals surface area contributed by atoms with Crippen LogP contribution in [0.5, 0.6) is 5.75 Å². The first-order chi connectivity index (χ1) is 13.3. The molecule has 1 aliphatic heterocycles. The number of carbonyl (C=O) groups excluding carboxylic acids is 1. The summed E-state index contributed by atoms with van der Waals surface area (Å²) in [6.45, 7) is 1.06. The van der Waals surface area contributed by atoms with Crippen LogP contribution in [0.2, 0.25) is 0 Å². The molecule has 138 valence electrons. The Morgan fingerprint density at radius 2 is 2.00 bits per heavy atom. The summed E-state index contributed by atoms with van der Waals surface area (Å²) in [5, 5.41) is 0. The van der Waals surface area contributed by atoms with Crippen LogP contribution in [0.1, 0.15) is 46.7 Å². The summed E-state index contributed by atoms with van der Waals surface area (Å²) in [7, 11) is 0. The third-order valence-corrected chi connectivity index (χ3v) is 6.67. The van der Waals surface area contributed by atoms with E-state index in [1.165, 1.54) is 12.8 Å². The number of carbonyl (C=O) groups is 1. The topological polar surface area (TPSA) is 42.7 Å². The van der Waals surface area contributed by atoms with Crippen LogP contribution in [0, 0.1) is 0 Å². The summed E-state index contributed by atoms with van der Waals surface area (Å²) >= 11 is 1.58. The molecule has 1 fully saturated rings. The van der Waals surface area contributed by atoms with Gasteiger partial charge in [-0.25, -0.2) is 0 Å². The van der Waals surface area contributed by atoms with Gasteiger partial charge in [0.05, 0.1) is 17.7 Å². The van der Waals surface area contributed by atoms with Crippen LogP contribution >= 0.6 is 11.3 Å². The lowest BCUT2D eigenvalue weighted by molar-refractivity contribution is 0.0654. The molecule has 0 saturated heterocycles. The molecule has 0 unspecified atom stereocenters. The first kappa shape index (κ1) is 16.6. The number of furan rings is 1. The van der Waals surface area contributed by atoms with Gasteiger partial charge in [0.15, 0.2) is 0 Å².